The number of carboxylic acid groups (broad SMARTS) is 1. The first-order valence-electron chi connectivity index (χ1n) is 5.74. The molecular formula is C11H20N2O3. The van der Waals surface area contributed by atoms with Crippen LogP contribution in [0.3, 0.4) is 0 Å². The minimum Gasteiger partial charge on any atom is -0.480 e. The smallest absolute Gasteiger partial charge is 0.320 e. The van der Waals surface area contributed by atoms with Gasteiger partial charge >= 0.3 is 5.97 Å². The second-order valence-electron chi connectivity index (χ2n) is 4.50. The molecule has 1 atom stereocenters. The van der Waals surface area contributed by atoms with Crippen molar-refractivity contribution < 1.29 is 14.7 Å². The highest BCUT2D eigenvalue weighted by molar-refractivity contribution is 5.80. The lowest BCUT2D eigenvalue weighted by Crippen LogP contribution is -2.45. The van der Waals surface area contributed by atoms with Crippen LogP contribution in [0.5, 0.6) is 0 Å². The van der Waals surface area contributed by atoms with Gasteiger partial charge in [-0.2, -0.15) is 0 Å². The molecule has 0 aromatic rings. The Labute approximate surface area is 95.8 Å². The number of amides is 1. The predicted octanol–water partition coefficient (Wildman–Crippen LogP) is 0.308. The summed E-state index contributed by atoms with van der Waals surface area (Å²) >= 11 is 0. The van der Waals surface area contributed by atoms with Crippen LogP contribution in [0.2, 0.25) is 0 Å². The normalized spacial score (nSPS) is 19.5. The number of aliphatic carboxylic acids is 1. The van der Waals surface area contributed by atoms with E-state index in [-0.39, 0.29) is 12.5 Å². The van der Waals surface area contributed by atoms with Crippen molar-refractivity contribution in [3.63, 3.8) is 0 Å². The molecule has 2 N–H and O–H groups in total. The molecule has 1 aliphatic heterocycles. The molecule has 5 heteroatoms. The fourth-order valence-corrected chi connectivity index (χ4v) is 1.70. The maximum Gasteiger partial charge on any atom is 0.320 e. The summed E-state index contributed by atoms with van der Waals surface area (Å²) in [6, 6.07) is -0.673. The van der Waals surface area contributed by atoms with E-state index in [0.717, 1.165) is 25.9 Å². The molecule has 16 heavy (non-hydrogen) atoms. The highest BCUT2D eigenvalue weighted by atomic mass is 16.4. The number of hydrogen-bond acceptors (Lipinski definition) is 3. The second-order valence-corrected chi connectivity index (χ2v) is 4.50. The van der Waals surface area contributed by atoms with Crippen molar-refractivity contribution in [1.82, 2.24) is 10.2 Å². The fourth-order valence-electron chi connectivity index (χ4n) is 1.70. The lowest BCUT2D eigenvalue weighted by molar-refractivity contribution is -0.139. The summed E-state index contributed by atoms with van der Waals surface area (Å²) in [7, 11) is 0. The van der Waals surface area contributed by atoms with Crippen molar-refractivity contribution in [2.45, 2.75) is 32.7 Å². The fraction of sp³-hybridized carbons (Fsp3) is 0.818. The number of likely N-dealkylation sites (tertiary alicyclic amines) is 1. The molecule has 1 amide bonds. The molecule has 0 bridgehead atoms. The molecule has 1 rings (SSSR count). The minimum atomic E-state index is -0.930. The summed E-state index contributed by atoms with van der Waals surface area (Å²) in [4.78, 5) is 24.1. The summed E-state index contributed by atoms with van der Waals surface area (Å²) in [6.45, 7) is 5.43. The van der Waals surface area contributed by atoms with Gasteiger partial charge < -0.3 is 10.0 Å². The Morgan fingerprint density at radius 2 is 2.00 bits per heavy atom. The monoisotopic (exact) mass is 228 g/mol. The number of carbonyl (C=O) groups excluding carboxylic acids is 1. The second kappa shape index (κ2) is 5.84. The molecule has 1 aliphatic rings. The molecule has 0 spiro atoms. The van der Waals surface area contributed by atoms with Crippen molar-refractivity contribution in [3.05, 3.63) is 0 Å². The average Bonchev–Trinajstić information content (AvgIpc) is 2.26. The van der Waals surface area contributed by atoms with Gasteiger partial charge in [0, 0.05) is 13.1 Å². The van der Waals surface area contributed by atoms with E-state index in [4.69, 9.17) is 5.11 Å². The topological polar surface area (TPSA) is 69.6 Å². The highest BCUT2D eigenvalue weighted by Crippen LogP contribution is 2.15. The van der Waals surface area contributed by atoms with E-state index in [2.05, 4.69) is 12.2 Å². The summed E-state index contributed by atoms with van der Waals surface area (Å²) in [6.07, 6.45) is 2.08. The third-order valence-electron chi connectivity index (χ3n) is 3.07. The molecule has 1 saturated heterocycles. The van der Waals surface area contributed by atoms with Gasteiger partial charge in [-0.1, -0.05) is 6.92 Å². The molecule has 0 aromatic heterocycles. The van der Waals surface area contributed by atoms with Crippen LogP contribution in [0, 0.1) is 5.92 Å². The van der Waals surface area contributed by atoms with E-state index in [0.29, 0.717) is 5.92 Å². The van der Waals surface area contributed by atoms with Gasteiger partial charge in [0.05, 0.1) is 6.54 Å². The lowest BCUT2D eigenvalue weighted by atomic mass is 9.99. The third kappa shape index (κ3) is 3.81. The maximum atomic E-state index is 11.7. The minimum absolute atomic E-state index is 0.000000000000000222. The quantitative estimate of drug-likeness (QED) is 0.726. The molecule has 1 unspecified atom stereocenters. The largest absolute Gasteiger partial charge is 0.480 e. The summed E-state index contributed by atoms with van der Waals surface area (Å²) < 4.78 is 0. The van der Waals surface area contributed by atoms with Crippen LogP contribution < -0.4 is 5.32 Å². The van der Waals surface area contributed by atoms with Gasteiger partial charge in [0.25, 0.3) is 0 Å². The van der Waals surface area contributed by atoms with Crippen LogP contribution >= 0.6 is 0 Å². The van der Waals surface area contributed by atoms with Crippen molar-refractivity contribution in [2.75, 3.05) is 19.6 Å². The SMILES string of the molecule is CC1CCN(C(=O)CNC(C)C(=O)O)CC1. The predicted molar refractivity (Wildman–Crippen MR) is 60.1 cm³/mol. The van der Waals surface area contributed by atoms with Gasteiger partial charge in [0.1, 0.15) is 6.04 Å². The standard InChI is InChI=1S/C11H20N2O3/c1-8-3-5-13(6-4-8)10(14)7-12-9(2)11(15)16/h8-9,12H,3-7H2,1-2H3,(H,15,16). The molecule has 0 radical (unpaired) electrons. The van der Waals surface area contributed by atoms with Crippen LogP contribution in [0.25, 0.3) is 0 Å². The van der Waals surface area contributed by atoms with Crippen LogP contribution in [0.4, 0.5) is 0 Å². The number of piperidine rings is 1. The van der Waals surface area contributed by atoms with Crippen LogP contribution in [-0.4, -0.2) is 47.6 Å². The number of carboxylic acids is 1. The van der Waals surface area contributed by atoms with Crippen molar-refractivity contribution in [1.29, 1.82) is 0 Å². The van der Waals surface area contributed by atoms with E-state index in [1.54, 1.807) is 0 Å². The molecule has 0 aliphatic carbocycles. The summed E-state index contributed by atoms with van der Waals surface area (Å²) in [5.41, 5.74) is 0. The first-order valence-corrected chi connectivity index (χ1v) is 5.74. The van der Waals surface area contributed by atoms with Crippen LogP contribution in [-0.2, 0) is 9.59 Å². The van der Waals surface area contributed by atoms with Crippen molar-refractivity contribution >= 4 is 11.9 Å². The van der Waals surface area contributed by atoms with Gasteiger partial charge in [-0.25, -0.2) is 0 Å². The molecule has 0 aromatic carbocycles. The Hall–Kier alpha value is -1.10. The molecule has 92 valence electrons. The number of hydrogen-bond donors (Lipinski definition) is 2. The maximum absolute atomic E-state index is 11.7. The first kappa shape index (κ1) is 13.0. The van der Waals surface area contributed by atoms with Gasteiger partial charge in [-0.3, -0.25) is 14.9 Å². The Bertz CT molecular complexity index is 260. The highest BCUT2D eigenvalue weighted by Gasteiger charge is 2.21. The zero-order valence-corrected chi connectivity index (χ0v) is 9.90. The molecule has 1 fully saturated rings. The number of rotatable bonds is 4. The van der Waals surface area contributed by atoms with Gasteiger partial charge in [-0.05, 0) is 25.7 Å². The zero-order chi connectivity index (χ0) is 12.1. The number of carbonyl (C=O) groups is 2. The van der Waals surface area contributed by atoms with Crippen molar-refractivity contribution in [2.24, 2.45) is 5.92 Å². The van der Waals surface area contributed by atoms with E-state index in [9.17, 15) is 9.59 Å². The Morgan fingerprint density at radius 1 is 1.44 bits per heavy atom. The first-order chi connectivity index (χ1) is 7.50. The number of nitrogens with zero attached hydrogens (tertiary/aromatic N) is 1. The van der Waals surface area contributed by atoms with Crippen LogP contribution in [0.15, 0.2) is 0 Å². The molecule has 1 heterocycles. The summed E-state index contributed by atoms with van der Waals surface area (Å²) in [5.74, 6) is -0.241. The van der Waals surface area contributed by atoms with E-state index in [1.807, 2.05) is 4.90 Å². The Morgan fingerprint density at radius 3 is 2.50 bits per heavy atom. The van der Waals surface area contributed by atoms with E-state index >= 15 is 0 Å². The van der Waals surface area contributed by atoms with Gasteiger partial charge in [-0.15, -0.1) is 0 Å². The number of nitrogens with one attached hydrogen (secondary N) is 1. The Kier molecular flexibility index (Phi) is 4.73. The van der Waals surface area contributed by atoms with E-state index < -0.39 is 12.0 Å². The van der Waals surface area contributed by atoms with Gasteiger partial charge in [0.2, 0.25) is 5.91 Å². The third-order valence-corrected chi connectivity index (χ3v) is 3.07. The average molecular weight is 228 g/mol. The lowest BCUT2D eigenvalue weighted by Gasteiger charge is -2.30. The Balaban J connectivity index is 2.27. The van der Waals surface area contributed by atoms with E-state index in [1.165, 1.54) is 6.92 Å². The summed E-state index contributed by atoms with van der Waals surface area (Å²) in [5, 5.41) is 11.4. The molecule has 5 nitrogen and oxygen atoms in total. The van der Waals surface area contributed by atoms with Crippen molar-refractivity contribution in [3.8, 4) is 0 Å². The van der Waals surface area contributed by atoms with Crippen LogP contribution in [0.1, 0.15) is 26.7 Å². The zero-order valence-electron chi connectivity index (χ0n) is 9.90. The van der Waals surface area contributed by atoms with Gasteiger partial charge in [0.15, 0.2) is 0 Å². The molecular weight excluding hydrogens is 208 g/mol. The molecule has 0 saturated carbocycles.